The molecule has 0 spiro atoms. The molecule has 5 heavy (non-hydrogen) atoms. The van der Waals surface area contributed by atoms with Crippen LogP contribution in [0.3, 0.4) is 0 Å². The van der Waals surface area contributed by atoms with E-state index >= 15 is 0 Å². The number of hydrogen-bond acceptors (Lipinski definition) is 2. The monoisotopic (exact) mass is 89.0 g/mol. The van der Waals surface area contributed by atoms with Gasteiger partial charge in [-0.25, -0.2) is 0 Å². The van der Waals surface area contributed by atoms with E-state index in [0.717, 1.165) is 0 Å². The summed E-state index contributed by atoms with van der Waals surface area (Å²) in [6.07, 6.45) is 0. The standard InChI is InChI=1S/HNO2.Na.H2O.H/c2-1-3;;;/h(H,2,3);;1H2;/q;+1;;-1. The molecule has 0 aliphatic rings. The van der Waals surface area contributed by atoms with Crippen LogP contribution in [0.15, 0.2) is 5.34 Å². The summed E-state index contributed by atoms with van der Waals surface area (Å²) in [5.74, 6) is 0. The molecule has 5 heteroatoms. The topological polar surface area (TPSA) is 81.2 Å². The van der Waals surface area contributed by atoms with Crippen LogP contribution in [-0.4, -0.2) is 10.7 Å². The van der Waals surface area contributed by atoms with Gasteiger partial charge in [0.15, 0.2) is 5.34 Å². The van der Waals surface area contributed by atoms with Gasteiger partial charge >= 0.3 is 29.6 Å². The summed E-state index contributed by atoms with van der Waals surface area (Å²) < 4.78 is 0. The molecule has 4 nitrogen and oxygen atoms in total. The number of hydrogen-bond donors (Lipinski definition) is 1. The van der Waals surface area contributed by atoms with E-state index in [1.807, 2.05) is 0 Å². The first kappa shape index (κ1) is 18.3. The molecule has 0 aromatic heterocycles. The van der Waals surface area contributed by atoms with Gasteiger partial charge in [-0.3, -0.25) is 0 Å². The van der Waals surface area contributed by atoms with Crippen molar-refractivity contribution in [1.82, 2.24) is 0 Å². The summed E-state index contributed by atoms with van der Waals surface area (Å²) in [5.41, 5.74) is 0. The largest absolute Gasteiger partial charge is 1.00 e. The van der Waals surface area contributed by atoms with E-state index in [-0.39, 0.29) is 36.5 Å². The van der Waals surface area contributed by atoms with Crippen molar-refractivity contribution in [3.05, 3.63) is 4.91 Å². The quantitative estimate of drug-likeness (QED) is 0.189. The van der Waals surface area contributed by atoms with Crippen molar-refractivity contribution in [3.63, 3.8) is 0 Å². The normalized spacial score (nSPS) is 2.40. The van der Waals surface area contributed by atoms with Crippen LogP contribution in [-0.2, 0) is 0 Å². The van der Waals surface area contributed by atoms with Crippen molar-refractivity contribution >= 4 is 0 Å². The molecule has 0 atom stereocenters. The predicted molar refractivity (Wildman–Crippen MR) is 12.3 cm³/mol. The summed E-state index contributed by atoms with van der Waals surface area (Å²) in [6.45, 7) is 0. The Morgan fingerprint density at radius 2 is 1.80 bits per heavy atom. The molecule has 28 valence electrons. The smallest absolute Gasteiger partial charge is 1.00 e. The van der Waals surface area contributed by atoms with Crippen LogP contribution in [0.2, 0.25) is 0 Å². The maximum absolute atomic E-state index is 8.11. The summed E-state index contributed by atoms with van der Waals surface area (Å²) in [5, 5.41) is 7.89. The fourth-order valence-electron chi connectivity index (χ4n) is 0. The zero-order valence-corrected chi connectivity index (χ0v) is 4.80. The Labute approximate surface area is 52.2 Å². The fourth-order valence-corrected chi connectivity index (χ4v) is 0. The predicted octanol–water partition coefficient (Wildman–Crippen LogP) is -3.57. The minimum Gasteiger partial charge on any atom is -1.00 e. The van der Waals surface area contributed by atoms with Gasteiger partial charge in [0.05, 0.1) is 0 Å². The minimum atomic E-state index is 0. The van der Waals surface area contributed by atoms with Gasteiger partial charge in [-0.05, 0) is 0 Å². The molecular weight excluding hydrogens is 85.0 g/mol. The van der Waals surface area contributed by atoms with Crippen molar-refractivity contribution in [2.24, 2.45) is 5.34 Å². The van der Waals surface area contributed by atoms with Gasteiger partial charge in [-0.2, -0.15) is 0 Å². The first-order chi connectivity index (χ1) is 1.41. The second-order valence-corrected chi connectivity index (χ2v) is 0.0816. The van der Waals surface area contributed by atoms with Gasteiger partial charge < -0.3 is 12.1 Å². The van der Waals surface area contributed by atoms with E-state index in [1.165, 1.54) is 5.34 Å². The first-order valence-electron chi connectivity index (χ1n) is 0.383. The zero-order valence-electron chi connectivity index (χ0n) is 3.80. The third-order valence-electron chi connectivity index (χ3n) is 0. The first-order valence-corrected chi connectivity index (χ1v) is 0.383. The molecule has 0 unspecified atom stereocenters. The molecule has 0 aliphatic carbocycles. The average molecular weight is 89.0 g/mol. The van der Waals surface area contributed by atoms with Gasteiger partial charge in [0.1, 0.15) is 0 Å². The van der Waals surface area contributed by atoms with Crippen LogP contribution in [0.1, 0.15) is 1.43 Å². The molecular formula is H4NNaO3. The Bertz CT molecular complexity index is 18.3. The maximum Gasteiger partial charge on any atom is 1.00 e. The van der Waals surface area contributed by atoms with Crippen molar-refractivity contribution in [3.8, 4) is 0 Å². The Morgan fingerprint density at radius 1 is 1.80 bits per heavy atom. The second kappa shape index (κ2) is 26.6. The molecule has 0 aromatic rings. The van der Waals surface area contributed by atoms with Crippen LogP contribution in [0.4, 0.5) is 0 Å². The Balaban J connectivity index is -0.00000000667. The third kappa shape index (κ3) is 187. The minimum absolute atomic E-state index is 0. The summed E-state index contributed by atoms with van der Waals surface area (Å²) in [4.78, 5) is 8.11. The van der Waals surface area contributed by atoms with Crippen molar-refractivity contribution in [2.75, 3.05) is 0 Å². The molecule has 0 amide bonds. The summed E-state index contributed by atoms with van der Waals surface area (Å²) in [7, 11) is 0. The Hall–Kier alpha value is 0.360. The molecule has 0 aromatic carbocycles. The van der Waals surface area contributed by atoms with Crippen LogP contribution in [0.5, 0.6) is 0 Å². The van der Waals surface area contributed by atoms with E-state index < -0.39 is 0 Å². The SMILES string of the molecule is O.O=NO.[H-].[Na+]. The number of nitrogens with zero attached hydrogens (tertiary/aromatic N) is 1. The Kier molecular flexibility index (Phi) is 97.4. The van der Waals surface area contributed by atoms with Crippen molar-refractivity contribution in [2.45, 2.75) is 0 Å². The second-order valence-electron chi connectivity index (χ2n) is 0.0816. The van der Waals surface area contributed by atoms with E-state index in [1.54, 1.807) is 0 Å². The molecule has 0 aliphatic heterocycles. The van der Waals surface area contributed by atoms with Crippen LogP contribution in [0, 0.1) is 4.91 Å². The van der Waals surface area contributed by atoms with Crippen LogP contribution >= 0.6 is 0 Å². The van der Waals surface area contributed by atoms with E-state index in [2.05, 4.69) is 0 Å². The van der Waals surface area contributed by atoms with E-state index in [9.17, 15) is 0 Å². The van der Waals surface area contributed by atoms with E-state index in [0.29, 0.717) is 0 Å². The molecule has 0 saturated heterocycles. The van der Waals surface area contributed by atoms with Crippen LogP contribution < -0.4 is 29.6 Å². The molecule has 0 heterocycles. The molecule has 3 N–H and O–H groups in total. The van der Waals surface area contributed by atoms with Gasteiger partial charge in [0.2, 0.25) is 0 Å². The molecule has 0 radical (unpaired) electrons. The van der Waals surface area contributed by atoms with Crippen molar-refractivity contribution in [1.29, 1.82) is 0 Å². The van der Waals surface area contributed by atoms with Gasteiger partial charge in [-0.15, -0.1) is 4.91 Å². The fraction of sp³-hybridized carbons (Fsp3) is 0. The molecule has 0 rings (SSSR count). The number of rotatable bonds is 0. The van der Waals surface area contributed by atoms with Crippen LogP contribution in [0.25, 0.3) is 0 Å². The van der Waals surface area contributed by atoms with Gasteiger partial charge in [-0.1, -0.05) is 0 Å². The van der Waals surface area contributed by atoms with Gasteiger partial charge in [0.25, 0.3) is 0 Å². The molecule has 0 saturated carbocycles. The third-order valence-corrected chi connectivity index (χ3v) is 0. The molecule has 0 fully saturated rings. The van der Waals surface area contributed by atoms with E-state index in [4.69, 9.17) is 10.1 Å². The maximum atomic E-state index is 8.11. The molecule has 0 bridgehead atoms. The summed E-state index contributed by atoms with van der Waals surface area (Å²) >= 11 is 0. The Morgan fingerprint density at radius 3 is 1.80 bits per heavy atom. The van der Waals surface area contributed by atoms with Gasteiger partial charge in [0, 0.05) is 0 Å². The summed E-state index contributed by atoms with van der Waals surface area (Å²) in [6, 6.07) is 0. The zero-order chi connectivity index (χ0) is 2.71. The van der Waals surface area contributed by atoms with Crippen molar-refractivity contribution < 1.29 is 41.7 Å². The average Bonchev–Trinajstić information content (AvgIpc) is 0.918.